The topological polar surface area (TPSA) is 9.23 Å². The first-order valence-corrected chi connectivity index (χ1v) is 13.8. The van der Waals surface area contributed by atoms with Gasteiger partial charge in [-0.3, -0.25) is 0 Å². The molecule has 184 valence electrons. The second-order valence-electron chi connectivity index (χ2n) is 10.7. The highest BCUT2D eigenvalue weighted by Gasteiger charge is 2.30. The molecule has 2 saturated carbocycles. The van der Waals surface area contributed by atoms with E-state index in [-0.39, 0.29) is 5.82 Å². The highest BCUT2D eigenvalue weighted by Crippen LogP contribution is 2.42. The first kappa shape index (κ1) is 25.0. The average Bonchev–Trinajstić information content (AvgIpc) is 2.88. The lowest BCUT2D eigenvalue weighted by Gasteiger charge is -2.37. The van der Waals surface area contributed by atoms with Crippen molar-refractivity contribution in [1.29, 1.82) is 0 Å². The highest BCUT2D eigenvalue weighted by atomic mass is 19.1. The Kier molecular flexibility index (Phi) is 9.25. The third kappa shape index (κ3) is 6.52. The molecule has 2 fully saturated rings. The highest BCUT2D eigenvalue weighted by molar-refractivity contribution is 5.85. The van der Waals surface area contributed by atoms with Crippen LogP contribution in [0.2, 0.25) is 0 Å². The summed E-state index contributed by atoms with van der Waals surface area (Å²) in [6.45, 7) is 6.40. The largest absolute Gasteiger partial charge is 0.490 e. The summed E-state index contributed by atoms with van der Waals surface area (Å²) in [6, 6.07) is 9.65. The zero-order chi connectivity index (χ0) is 23.8. The van der Waals surface area contributed by atoms with E-state index in [0.29, 0.717) is 12.0 Å². The van der Waals surface area contributed by atoms with Crippen LogP contribution < -0.4 is 4.74 Å². The maximum absolute atomic E-state index is 15.2. The molecule has 2 heteroatoms. The molecule has 0 radical (unpaired) electrons. The molecule has 0 aromatic heterocycles. The summed E-state index contributed by atoms with van der Waals surface area (Å²) in [5.74, 6) is 4.20. The van der Waals surface area contributed by atoms with E-state index in [4.69, 9.17) is 4.74 Å². The smallest absolute Gasteiger partial charge is 0.134 e. The van der Waals surface area contributed by atoms with Crippen molar-refractivity contribution in [2.45, 2.75) is 84.0 Å². The van der Waals surface area contributed by atoms with Gasteiger partial charge in [0.1, 0.15) is 18.2 Å². The lowest BCUT2D eigenvalue weighted by Crippen LogP contribution is -2.25. The van der Waals surface area contributed by atoms with E-state index < -0.39 is 0 Å². The molecule has 1 nitrogen and oxygen atoms in total. The maximum Gasteiger partial charge on any atom is 0.134 e. The van der Waals surface area contributed by atoms with Crippen LogP contribution in [0.1, 0.15) is 83.1 Å². The third-order valence-electron chi connectivity index (χ3n) is 8.43. The molecule has 4 rings (SSSR count). The molecule has 0 saturated heterocycles. The Hall–Kier alpha value is -2.09. The molecule has 0 amide bonds. The molecule has 34 heavy (non-hydrogen) atoms. The van der Waals surface area contributed by atoms with E-state index in [1.54, 1.807) is 6.08 Å². The Morgan fingerprint density at radius 3 is 2.41 bits per heavy atom. The number of fused-ring (bicyclic) bond motifs is 1. The summed E-state index contributed by atoms with van der Waals surface area (Å²) in [5.41, 5.74) is 0.865. The van der Waals surface area contributed by atoms with Gasteiger partial charge >= 0.3 is 0 Å². The number of rotatable bonds is 10. The minimum absolute atomic E-state index is 0.0498. The van der Waals surface area contributed by atoms with Gasteiger partial charge in [0.05, 0.1) is 0 Å². The number of ether oxygens (including phenoxy) is 1. The summed E-state index contributed by atoms with van der Waals surface area (Å²) in [4.78, 5) is 0. The Balaban J connectivity index is 1.23. The molecular weight excluding hydrogens is 419 g/mol. The monoisotopic (exact) mass is 462 g/mol. The van der Waals surface area contributed by atoms with Crippen LogP contribution in [0.25, 0.3) is 10.8 Å². The van der Waals surface area contributed by atoms with E-state index in [2.05, 4.69) is 25.7 Å². The van der Waals surface area contributed by atoms with Crippen LogP contribution in [0.15, 0.2) is 55.1 Å². The van der Waals surface area contributed by atoms with Gasteiger partial charge in [0, 0.05) is 5.39 Å². The first-order chi connectivity index (χ1) is 16.7. The summed E-state index contributed by atoms with van der Waals surface area (Å²) in [7, 11) is 0. The van der Waals surface area contributed by atoms with Gasteiger partial charge in [-0.25, -0.2) is 4.39 Å². The Morgan fingerprint density at radius 2 is 1.71 bits per heavy atom. The second kappa shape index (κ2) is 12.6. The van der Waals surface area contributed by atoms with Crippen molar-refractivity contribution in [3.8, 4) is 5.75 Å². The van der Waals surface area contributed by atoms with Crippen LogP contribution in [0.5, 0.6) is 5.75 Å². The van der Waals surface area contributed by atoms with Gasteiger partial charge in [-0.05, 0) is 111 Å². The predicted octanol–water partition coefficient (Wildman–Crippen LogP) is 9.45. The molecule has 0 bridgehead atoms. The molecule has 0 spiro atoms. The summed E-state index contributed by atoms with van der Waals surface area (Å²) in [6.07, 6.45) is 22.2. The second-order valence-corrected chi connectivity index (χ2v) is 10.7. The van der Waals surface area contributed by atoms with Gasteiger partial charge in [-0.15, -0.1) is 0 Å². The summed E-state index contributed by atoms with van der Waals surface area (Å²) >= 11 is 0. The number of hydrogen-bond acceptors (Lipinski definition) is 1. The molecule has 0 unspecified atom stereocenters. The molecule has 0 N–H and O–H groups in total. The predicted molar refractivity (Wildman–Crippen MR) is 143 cm³/mol. The summed E-state index contributed by atoms with van der Waals surface area (Å²) in [5, 5.41) is 1.60. The standard InChI is InChI=1S/C32H43FO/c1-3-5-6-7-24-8-13-26(14-9-24)27-15-10-25(11-16-27)12-17-28-18-19-29-23-30(34-22-4-2)20-21-31(29)32(28)33/h4,6-7,18-21,23-27H,2-3,5,8-17,22H2,1H3/b7-6+. The Labute approximate surface area is 206 Å². The normalized spacial score (nSPS) is 25.6. The van der Waals surface area contributed by atoms with Crippen LogP contribution >= 0.6 is 0 Å². The number of benzene rings is 2. The van der Waals surface area contributed by atoms with Crippen LogP contribution in [0.3, 0.4) is 0 Å². The van der Waals surface area contributed by atoms with Crippen molar-refractivity contribution in [2.75, 3.05) is 6.61 Å². The molecule has 0 heterocycles. The molecule has 0 atom stereocenters. The summed E-state index contributed by atoms with van der Waals surface area (Å²) < 4.78 is 20.8. The molecule has 2 aliphatic carbocycles. The minimum atomic E-state index is -0.0498. The van der Waals surface area contributed by atoms with E-state index in [1.165, 1.54) is 64.2 Å². The Morgan fingerprint density at radius 1 is 0.971 bits per heavy atom. The fourth-order valence-corrected chi connectivity index (χ4v) is 6.33. The Bertz CT molecular complexity index is 945. The molecular formula is C32H43FO. The number of allylic oxidation sites excluding steroid dienone is 2. The van der Waals surface area contributed by atoms with E-state index >= 15 is 4.39 Å². The van der Waals surface area contributed by atoms with Gasteiger partial charge in [0.25, 0.3) is 0 Å². The zero-order valence-corrected chi connectivity index (χ0v) is 21.1. The fraction of sp³-hybridized carbons (Fsp3) is 0.562. The van der Waals surface area contributed by atoms with E-state index in [1.807, 2.05) is 30.3 Å². The zero-order valence-electron chi connectivity index (χ0n) is 21.1. The van der Waals surface area contributed by atoms with Crippen molar-refractivity contribution >= 4 is 10.8 Å². The van der Waals surface area contributed by atoms with Gasteiger partial charge < -0.3 is 4.74 Å². The van der Waals surface area contributed by atoms with Crippen LogP contribution in [-0.4, -0.2) is 6.61 Å². The van der Waals surface area contributed by atoms with Crippen molar-refractivity contribution in [3.63, 3.8) is 0 Å². The van der Waals surface area contributed by atoms with Gasteiger partial charge in [-0.1, -0.05) is 63.1 Å². The van der Waals surface area contributed by atoms with E-state index in [9.17, 15) is 0 Å². The van der Waals surface area contributed by atoms with Crippen molar-refractivity contribution in [1.82, 2.24) is 0 Å². The molecule has 2 aliphatic rings. The molecule has 0 aliphatic heterocycles. The lowest BCUT2D eigenvalue weighted by atomic mass is 9.68. The number of hydrogen-bond donors (Lipinski definition) is 0. The van der Waals surface area contributed by atoms with Crippen LogP contribution in [-0.2, 0) is 6.42 Å². The maximum atomic E-state index is 15.2. The van der Waals surface area contributed by atoms with Gasteiger partial charge in [0.2, 0.25) is 0 Å². The SMILES string of the molecule is C=CCOc1ccc2c(F)c(CCC3CCC(C4CCC(/C=C/CCC)CC4)CC3)ccc2c1. The van der Waals surface area contributed by atoms with Gasteiger partial charge in [-0.2, -0.15) is 0 Å². The quantitative estimate of drug-likeness (QED) is 0.319. The lowest BCUT2D eigenvalue weighted by molar-refractivity contribution is 0.152. The fourth-order valence-electron chi connectivity index (χ4n) is 6.33. The van der Waals surface area contributed by atoms with Gasteiger partial charge in [0.15, 0.2) is 0 Å². The van der Waals surface area contributed by atoms with Crippen molar-refractivity contribution in [3.05, 3.63) is 66.5 Å². The van der Waals surface area contributed by atoms with Crippen molar-refractivity contribution < 1.29 is 9.13 Å². The average molecular weight is 463 g/mol. The molecule has 2 aromatic carbocycles. The van der Waals surface area contributed by atoms with Crippen molar-refractivity contribution in [2.24, 2.45) is 23.7 Å². The van der Waals surface area contributed by atoms with Crippen LogP contribution in [0, 0.1) is 29.5 Å². The number of aryl methyl sites for hydroxylation is 1. The van der Waals surface area contributed by atoms with Crippen LogP contribution in [0.4, 0.5) is 4.39 Å². The first-order valence-electron chi connectivity index (χ1n) is 13.8. The number of halogens is 1. The van der Waals surface area contributed by atoms with E-state index in [0.717, 1.165) is 53.2 Å². The third-order valence-corrected chi connectivity index (χ3v) is 8.43. The minimum Gasteiger partial charge on any atom is -0.490 e. The number of unbranched alkanes of at least 4 members (excludes halogenated alkanes) is 1. The molecule has 2 aromatic rings.